The van der Waals surface area contributed by atoms with Crippen LogP contribution >= 0.6 is 0 Å². The molecule has 7 nitrogen and oxygen atoms in total. The maximum absolute atomic E-state index is 12.6. The Balaban J connectivity index is 1.48. The first kappa shape index (κ1) is 19.0. The largest absolute Gasteiger partial charge is 0.448 e. The van der Waals surface area contributed by atoms with E-state index in [1.165, 1.54) is 18.0 Å². The molecule has 1 aromatic heterocycles. The van der Waals surface area contributed by atoms with E-state index < -0.39 is 12.1 Å². The van der Waals surface area contributed by atoms with Crippen LogP contribution in [0.1, 0.15) is 28.7 Å². The molecular formula is C20H24N4O3. The third-order valence-electron chi connectivity index (χ3n) is 4.55. The second kappa shape index (κ2) is 8.73. The molecule has 0 bridgehead atoms. The molecule has 1 aromatic carbocycles. The van der Waals surface area contributed by atoms with Crippen molar-refractivity contribution in [1.29, 1.82) is 0 Å². The molecule has 2 heterocycles. The molecule has 0 radical (unpaired) electrons. The second-order valence-electron chi connectivity index (χ2n) is 6.68. The van der Waals surface area contributed by atoms with Crippen molar-refractivity contribution in [1.82, 2.24) is 19.8 Å². The molecule has 0 spiro atoms. The van der Waals surface area contributed by atoms with Crippen LogP contribution in [0.5, 0.6) is 0 Å². The summed E-state index contributed by atoms with van der Waals surface area (Å²) >= 11 is 0. The molecule has 0 aliphatic carbocycles. The Bertz CT molecular complexity index is 772. The highest BCUT2D eigenvalue weighted by atomic mass is 16.5. The summed E-state index contributed by atoms with van der Waals surface area (Å²) in [6.07, 6.45) is 2.01. The number of hydrogen-bond acceptors (Lipinski definition) is 6. The Labute approximate surface area is 159 Å². The Hall–Kier alpha value is -2.80. The molecule has 1 aliphatic rings. The van der Waals surface area contributed by atoms with Gasteiger partial charge in [0.15, 0.2) is 11.8 Å². The lowest BCUT2D eigenvalue weighted by Gasteiger charge is -2.35. The molecule has 0 N–H and O–H groups in total. The number of carbonyl (C=O) groups excluding carboxylic acids is 2. The van der Waals surface area contributed by atoms with Gasteiger partial charge >= 0.3 is 5.97 Å². The van der Waals surface area contributed by atoms with Gasteiger partial charge in [0.1, 0.15) is 0 Å². The first-order valence-corrected chi connectivity index (χ1v) is 9.07. The summed E-state index contributed by atoms with van der Waals surface area (Å²) in [5, 5.41) is 0. The maximum atomic E-state index is 12.6. The number of ether oxygens (including phenoxy) is 1. The van der Waals surface area contributed by atoms with E-state index in [9.17, 15) is 9.59 Å². The van der Waals surface area contributed by atoms with Crippen LogP contribution in [0.4, 0.5) is 0 Å². The van der Waals surface area contributed by atoms with Crippen molar-refractivity contribution < 1.29 is 14.3 Å². The van der Waals surface area contributed by atoms with Gasteiger partial charge in [-0.05, 0) is 19.4 Å². The third-order valence-corrected chi connectivity index (χ3v) is 4.55. The zero-order valence-electron chi connectivity index (χ0n) is 15.7. The average molecular weight is 368 g/mol. The number of amides is 1. The highest BCUT2D eigenvalue weighted by molar-refractivity contribution is 5.90. The number of hydrogen-bond donors (Lipinski definition) is 0. The monoisotopic (exact) mass is 368 g/mol. The van der Waals surface area contributed by atoms with Crippen LogP contribution in [0.3, 0.4) is 0 Å². The van der Waals surface area contributed by atoms with E-state index in [1.807, 2.05) is 18.2 Å². The molecule has 142 valence electrons. The summed E-state index contributed by atoms with van der Waals surface area (Å²) in [6, 6.07) is 10.3. The van der Waals surface area contributed by atoms with Crippen LogP contribution in [0.2, 0.25) is 0 Å². The van der Waals surface area contributed by atoms with E-state index in [0.29, 0.717) is 18.8 Å². The average Bonchev–Trinajstić information content (AvgIpc) is 2.69. The Kier molecular flexibility index (Phi) is 6.13. The van der Waals surface area contributed by atoms with Crippen LogP contribution in [0.25, 0.3) is 0 Å². The van der Waals surface area contributed by atoms with E-state index in [-0.39, 0.29) is 11.6 Å². The van der Waals surface area contributed by atoms with Gasteiger partial charge in [-0.3, -0.25) is 14.7 Å². The number of rotatable bonds is 5. The van der Waals surface area contributed by atoms with Crippen LogP contribution in [-0.4, -0.2) is 63.9 Å². The van der Waals surface area contributed by atoms with Gasteiger partial charge in [0.25, 0.3) is 5.91 Å². The molecule has 1 atom stereocenters. The lowest BCUT2D eigenvalue weighted by molar-refractivity contribution is -0.141. The lowest BCUT2D eigenvalue weighted by Crippen LogP contribution is -2.51. The molecule has 2 aromatic rings. The van der Waals surface area contributed by atoms with E-state index in [4.69, 9.17) is 4.74 Å². The van der Waals surface area contributed by atoms with E-state index >= 15 is 0 Å². The van der Waals surface area contributed by atoms with Crippen molar-refractivity contribution in [2.75, 3.05) is 26.2 Å². The molecule has 1 saturated heterocycles. The first-order valence-electron chi connectivity index (χ1n) is 9.07. The van der Waals surface area contributed by atoms with Crippen molar-refractivity contribution in [2.45, 2.75) is 26.5 Å². The van der Waals surface area contributed by atoms with E-state index in [1.54, 1.807) is 18.7 Å². The van der Waals surface area contributed by atoms with Gasteiger partial charge in [-0.2, -0.15) is 0 Å². The fourth-order valence-electron chi connectivity index (χ4n) is 2.99. The van der Waals surface area contributed by atoms with E-state index in [2.05, 4.69) is 27.0 Å². The predicted octanol–water partition coefficient (Wildman–Crippen LogP) is 1.67. The number of esters is 1. The quantitative estimate of drug-likeness (QED) is 0.748. The molecule has 3 rings (SSSR count). The van der Waals surface area contributed by atoms with Crippen molar-refractivity contribution in [2.24, 2.45) is 0 Å². The minimum atomic E-state index is -0.846. The Morgan fingerprint density at radius 2 is 1.78 bits per heavy atom. The zero-order chi connectivity index (χ0) is 19.2. The van der Waals surface area contributed by atoms with Gasteiger partial charge in [-0.1, -0.05) is 30.3 Å². The van der Waals surface area contributed by atoms with Crippen molar-refractivity contribution in [3.8, 4) is 0 Å². The lowest BCUT2D eigenvalue weighted by atomic mass is 10.2. The molecule has 1 unspecified atom stereocenters. The third kappa shape index (κ3) is 5.10. The predicted molar refractivity (Wildman–Crippen MR) is 99.9 cm³/mol. The number of nitrogens with zero attached hydrogens (tertiary/aromatic N) is 4. The highest BCUT2D eigenvalue weighted by Crippen LogP contribution is 2.11. The minimum Gasteiger partial charge on any atom is -0.448 e. The standard InChI is InChI=1S/C20H24N4O3/c1-15-12-22-18(13-21-15)20(26)27-16(2)19(25)24-10-8-23(9-11-24)14-17-6-4-3-5-7-17/h3-7,12-13,16H,8-11,14H2,1-2H3. The number of aryl methyl sites for hydroxylation is 1. The molecule has 1 aliphatic heterocycles. The van der Waals surface area contributed by atoms with Crippen LogP contribution in [0, 0.1) is 6.92 Å². The number of carbonyl (C=O) groups is 2. The van der Waals surface area contributed by atoms with E-state index in [0.717, 1.165) is 19.6 Å². The van der Waals surface area contributed by atoms with Gasteiger partial charge in [0, 0.05) is 38.9 Å². The van der Waals surface area contributed by atoms with Crippen LogP contribution in [-0.2, 0) is 16.1 Å². The van der Waals surface area contributed by atoms with Gasteiger partial charge < -0.3 is 9.64 Å². The van der Waals surface area contributed by atoms with Crippen LogP contribution in [0.15, 0.2) is 42.7 Å². The molecule has 1 fully saturated rings. The normalized spacial score (nSPS) is 16.0. The summed E-state index contributed by atoms with van der Waals surface area (Å²) in [6.45, 7) is 7.09. The summed E-state index contributed by atoms with van der Waals surface area (Å²) in [7, 11) is 0. The molecule has 0 saturated carbocycles. The topological polar surface area (TPSA) is 75.6 Å². The van der Waals surface area contributed by atoms with Crippen molar-refractivity contribution in [3.63, 3.8) is 0 Å². The Morgan fingerprint density at radius 1 is 1.07 bits per heavy atom. The maximum Gasteiger partial charge on any atom is 0.359 e. The molecule has 7 heteroatoms. The van der Waals surface area contributed by atoms with Crippen molar-refractivity contribution >= 4 is 11.9 Å². The van der Waals surface area contributed by atoms with Gasteiger partial charge in [0.2, 0.25) is 0 Å². The fourth-order valence-corrected chi connectivity index (χ4v) is 2.99. The Morgan fingerprint density at radius 3 is 2.41 bits per heavy atom. The fraction of sp³-hybridized carbons (Fsp3) is 0.400. The molecule has 27 heavy (non-hydrogen) atoms. The zero-order valence-corrected chi connectivity index (χ0v) is 15.7. The summed E-state index contributed by atoms with van der Waals surface area (Å²) in [4.78, 5) is 36.8. The van der Waals surface area contributed by atoms with Crippen LogP contribution < -0.4 is 0 Å². The van der Waals surface area contributed by atoms with Gasteiger partial charge in [-0.25, -0.2) is 9.78 Å². The number of piperazine rings is 1. The first-order chi connectivity index (χ1) is 13.0. The summed E-state index contributed by atoms with van der Waals surface area (Å²) in [5.74, 6) is -0.811. The molecular weight excluding hydrogens is 344 g/mol. The van der Waals surface area contributed by atoms with Gasteiger partial charge in [0.05, 0.1) is 11.9 Å². The van der Waals surface area contributed by atoms with Crippen molar-refractivity contribution in [3.05, 3.63) is 59.7 Å². The SMILES string of the molecule is Cc1cnc(C(=O)OC(C)C(=O)N2CCN(Cc3ccccc3)CC2)cn1. The van der Waals surface area contributed by atoms with Gasteiger partial charge in [-0.15, -0.1) is 0 Å². The summed E-state index contributed by atoms with van der Waals surface area (Å²) < 4.78 is 5.27. The molecule has 1 amide bonds. The number of aromatic nitrogens is 2. The number of benzene rings is 1. The highest BCUT2D eigenvalue weighted by Gasteiger charge is 2.27. The smallest absolute Gasteiger partial charge is 0.359 e. The minimum absolute atomic E-state index is 0.105. The second-order valence-corrected chi connectivity index (χ2v) is 6.68. The summed E-state index contributed by atoms with van der Waals surface area (Å²) in [5.41, 5.74) is 2.08.